The van der Waals surface area contributed by atoms with E-state index in [4.69, 9.17) is 19.2 Å². The first kappa shape index (κ1) is 29.5. The van der Waals surface area contributed by atoms with E-state index in [-0.39, 0.29) is 24.3 Å². The minimum atomic E-state index is -0.0982. The molecule has 0 saturated heterocycles. The molecule has 6 aromatic rings. The van der Waals surface area contributed by atoms with Crippen LogP contribution < -0.4 is 51.9 Å². The largest absolute Gasteiger partial charge is 0.458 e. The van der Waals surface area contributed by atoms with Gasteiger partial charge in [-0.1, -0.05) is 102 Å². The van der Waals surface area contributed by atoms with E-state index in [1.807, 2.05) is 6.07 Å². The van der Waals surface area contributed by atoms with E-state index in [2.05, 4.69) is 150 Å². The maximum Gasteiger partial charge on any atom is 0.262 e. The average Bonchev–Trinajstić information content (AvgIpc) is 3.10. The minimum absolute atomic E-state index is 0.0778. The van der Waals surface area contributed by atoms with Crippen molar-refractivity contribution in [1.29, 1.82) is 0 Å². The Morgan fingerprint density at radius 2 is 1.02 bits per heavy atom. The van der Waals surface area contributed by atoms with Crippen LogP contribution in [0.2, 0.25) is 0 Å². The second-order valence-corrected chi connectivity index (χ2v) is 16.0. The predicted octanol–water partition coefficient (Wildman–Crippen LogP) is 6.81. The molecule has 50 heavy (non-hydrogen) atoms. The summed E-state index contributed by atoms with van der Waals surface area (Å²) in [6.07, 6.45) is 0. The Kier molecular flexibility index (Phi) is 5.94. The third-order valence-corrected chi connectivity index (χ3v) is 10.8. The molecule has 0 atom stereocenters. The molecule has 5 nitrogen and oxygen atoms in total. The van der Waals surface area contributed by atoms with Crippen molar-refractivity contribution in [2.75, 3.05) is 4.90 Å². The summed E-state index contributed by atoms with van der Waals surface area (Å²) in [4.78, 5) is 7.88. The van der Waals surface area contributed by atoms with Crippen LogP contribution in [0, 0.1) is 0 Å². The van der Waals surface area contributed by atoms with Gasteiger partial charge in [0.1, 0.15) is 34.6 Å². The number of fused-ring (bicyclic) bond motifs is 8. The zero-order chi connectivity index (χ0) is 34.1. The number of hydrogen-bond acceptors (Lipinski definition) is 5. The second kappa shape index (κ2) is 10.1. The number of pyridine rings is 1. The fourth-order valence-corrected chi connectivity index (χ4v) is 8.17. The van der Waals surface area contributed by atoms with E-state index in [9.17, 15) is 0 Å². The van der Waals surface area contributed by atoms with Crippen LogP contribution in [0.4, 0.5) is 17.2 Å². The highest BCUT2D eigenvalue weighted by atomic mass is 16.5. The molecular weight excluding hydrogens is 614 g/mol. The van der Waals surface area contributed by atoms with Crippen LogP contribution in [0.1, 0.15) is 52.7 Å². The average molecular weight is 650 g/mol. The Morgan fingerprint density at radius 1 is 0.500 bits per heavy atom. The number of anilines is 3. The Morgan fingerprint density at radius 3 is 1.64 bits per heavy atom. The van der Waals surface area contributed by atoms with Crippen LogP contribution in [-0.2, 0) is 10.8 Å². The van der Waals surface area contributed by atoms with Crippen molar-refractivity contribution in [3.63, 3.8) is 0 Å². The van der Waals surface area contributed by atoms with Gasteiger partial charge in [0.05, 0.1) is 0 Å². The summed E-state index contributed by atoms with van der Waals surface area (Å²) in [7, 11) is 0. The summed E-state index contributed by atoms with van der Waals surface area (Å²) < 4.78 is 20.3. The fourth-order valence-electron chi connectivity index (χ4n) is 8.17. The van der Waals surface area contributed by atoms with Crippen LogP contribution >= 0.6 is 0 Å². The quantitative estimate of drug-likeness (QED) is 0.183. The second-order valence-electron chi connectivity index (χ2n) is 16.0. The third-order valence-electron chi connectivity index (χ3n) is 10.8. The zero-order valence-corrected chi connectivity index (χ0v) is 29.2. The molecule has 0 saturated carbocycles. The highest BCUT2D eigenvalue weighted by Crippen LogP contribution is 2.44. The predicted molar refractivity (Wildman–Crippen MR) is 205 cm³/mol. The third kappa shape index (κ3) is 4.19. The van der Waals surface area contributed by atoms with Crippen molar-refractivity contribution in [3.8, 4) is 34.6 Å². The molecule has 4 aliphatic rings. The molecule has 0 unspecified atom stereocenters. The van der Waals surface area contributed by atoms with Crippen molar-refractivity contribution in [2.24, 2.45) is 0 Å². The molecule has 1 aromatic heterocycles. The normalized spacial score (nSPS) is 14.6. The van der Waals surface area contributed by atoms with Gasteiger partial charge < -0.3 is 14.2 Å². The number of benzene rings is 5. The SMILES string of the molecule is CC(C)(C)c1cc2c3c(c1)Oc1nc4c(cc1B3c1ccccc1O2)B1c2ccccc2Oc2cc(C(C)(C)C)cc(c21)N4c1ccccc1. The summed E-state index contributed by atoms with van der Waals surface area (Å²) in [5.41, 5.74) is 11.0. The lowest BCUT2D eigenvalue weighted by molar-refractivity contribution is 0.448. The first-order valence-corrected chi connectivity index (χ1v) is 17.5. The Labute approximate surface area is 294 Å². The van der Waals surface area contributed by atoms with Crippen molar-refractivity contribution in [3.05, 3.63) is 120 Å². The summed E-state index contributed by atoms with van der Waals surface area (Å²) in [6, 6.07) is 38.7. The van der Waals surface area contributed by atoms with E-state index < -0.39 is 0 Å². The number of ether oxygens (including phenoxy) is 3. The van der Waals surface area contributed by atoms with E-state index in [1.165, 1.54) is 5.56 Å². The van der Waals surface area contributed by atoms with E-state index in [0.29, 0.717) is 5.88 Å². The highest BCUT2D eigenvalue weighted by molar-refractivity contribution is 7.01. The standard InChI is InChI=1S/C43H36B2N2O3/c1-42(2,3)25-20-32-38-35(21-25)48-33-18-12-10-16-28(33)44(38)30-24-31-41(46-40(30)47(32)27-14-8-7-9-15-27)50-37-23-26(43(4,5)6)22-36-39(37)45(31)29-17-11-13-19-34(29)49-36/h7-24H,1-6H3. The zero-order valence-electron chi connectivity index (χ0n) is 29.2. The summed E-state index contributed by atoms with van der Waals surface area (Å²) in [5.74, 6) is 5.82. The Bertz CT molecular complexity index is 2410. The number of nitrogens with zero attached hydrogens (tertiary/aromatic N) is 2. The number of rotatable bonds is 1. The molecule has 0 aliphatic carbocycles. The first-order valence-electron chi connectivity index (χ1n) is 17.5. The fraction of sp³-hybridized carbons (Fsp3) is 0.186. The van der Waals surface area contributed by atoms with Crippen LogP contribution in [0.3, 0.4) is 0 Å². The van der Waals surface area contributed by atoms with Gasteiger partial charge in [-0.25, -0.2) is 0 Å². The molecule has 7 heteroatoms. The minimum Gasteiger partial charge on any atom is -0.458 e. The summed E-state index contributed by atoms with van der Waals surface area (Å²) >= 11 is 0. The van der Waals surface area contributed by atoms with Crippen LogP contribution in [0.5, 0.6) is 34.6 Å². The number of aromatic nitrogens is 1. The lowest BCUT2D eigenvalue weighted by atomic mass is 9.31. The molecule has 0 fully saturated rings. The summed E-state index contributed by atoms with van der Waals surface area (Å²) in [6.45, 7) is 13.3. The molecule has 0 amide bonds. The Hall–Kier alpha value is -5.42. The molecule has 0 radical (unpaired) electrons. The van der Waals surface area contributed by atoms with Gasteiger partial charge in [0.25, 0.3) is 13.4 Å². The molecule has 242 valence electrons. The lowest BCUT2D eigenvalue weighted by Gasteiger charge is -2.41. The topological polar surface area (TPSA) is 43.8 Å². The van der Waals surface area contributed by atoms with Crippen LogP contribution in [-0.4, -0.2) is 18.4 Å². The van der Waals surface area contributed by atoms with E-state index in [0.717, 1.165) is 84.3 Å². The van der Waals surface area contributed by atoms with Gasteiger partial charge in [-0.3, -0.25) is 4.90 Å². The van der Waals surface area contributed by atoms with E-state index in [1.54, 1.807) is 0 Å². The van der Waals surface area contributed by atoms with Crippen LogP contribution in [0.25, 0.3) is 0 Å². The van der Waals surface area contributed by atoms with Gasteiger partial charge in [0.15, 0.2) is 0 Å². The monoisotopic (exact) mass is 650 g/mol. The van der Waals surface area contributed by atoms with Gasteiger partial charge in [0.2, 0.25) is 5.88 Å². The molecular formula is C43H36B2N2O3. The van der Waals surface area contributed by atoms with Gasteiger partial charge in [-0.2, -0.15) is 4.98 Å². The number of hydrogen-bond donors (Lipinski definition) is 0. The van der Waals surface area contributed by atoms with Crippen molar-refractivity contribution < 1.29 is 14.2 Å². The van der Waals surface area contributed by atoms with Gasteiger partial charge in [0, 0.05) is 16.8 Å². The molecule has 4 aliphatic heterocycles. The van der Waals surface area contributed by atoms with Gasteiger partial charge >= 0.3 is 0 Å². The maximum atomic E-state index is 6.92. The smallest absolute Gasteiger partial charge is 0.262 e. The van der Waals surface area contributed by atoms with E-state index >= 15 is 0 Å². The molecule has 5 heterocycles. The number of para-hydroxylation sites is 3. The first-order chi connectivity index (χ1) is 24.0. The molecule has 0 bridgehead atoms. The van der Waals surface area contributed by atoms with Crippen LogP contribution in [0.15, 0.2) is 109 Å². The van der Waals surface area contributed by atoms with Crippen molar-refractivity contribution in [1.82, 2.24) is 4.98 Å². The lowest BCUT2D eigenvalue weighted by Crippen LogP contribution is -2.63. The van der Waals surface area contributed by atoms with Crippen molar-refractivity contribution in [2.45, 2.75) is 52.4 Å². The molecule has 0 spiro atoms. The highest BCUT2D eigenvalue weighted by Gasteiger charge is 2.47. The van der Waals surface area contributed by atoms with Crippen molar-refractivity contribution >= 4 is 63.4 Å². The van der Waals surface area contributed by atoms with Gasteiger partial charge in [-0.05, 0) is 97.8 Å². The summed E-state index contributed by atoms with van der Waals surface area (Å²) in [5, 5.41) is 0. The molecule has 0 N–H and O–H groups in total. The van der Waals surface area contributed by atoms with Gasteiger partial charge in [-0.15, -0.1) is 0 Å². The molecule has 10 rings (SSSR count). The Balaban J connectivity index is 1.29. The maximum absolute atomic E-state index is 6.92. The molecule has 5 aromatic carbocycles.